The highest BCUT2D eigenvalue weighted by atomic mass is 35.5. The second-order valence-corrected chi connectivity index (χ2v) is 5.82. The molecule has 1 fully saturated rings. The molecule has 1 aromatic rings. The maximum Gasteiger partial charge on any atom is 0.225 e. The van der Waals surface area contributed by atoms with Crippen molar-refractivity contribution in [1.82, 2.24) is 10.5 Å². The van der Waals surface area contributed by atoms with Gasteiger partial charge in [0.05, 0.1) is 11.6 Å². The van der Waals surface area contributed by atoms with Crippen molar-refractivity contribution in [1.29, 1.82) is 0 Å². The SMILES string of the molecule is Cc1noc(C)c1CNC(=O)C1CCCCC1(C)N.Cl. The second kappa shape index (κ2) is 6.59. The Balaban J connectivity index is 0.00000200. The van der Waals surface area contributed by atoms with Crippen LogP contribution in [0.5, 0.6) is 0 Å². The number of nitrogens with zero attached hydrogens (tertiary/aromatic N) is 1. The van der Waals surface area contributed by atoms with E-state index < -0.39 is 0 Å². The van der Waals surface area contributed by atoms with Crippen LogP contribution in [0.2, 0.25) is 0 Å². The zero-order chi connectivity index (χ0) is 14.0. The summed E-state index contributed by atoms with van der Waals surface area (Å²) >= 11 is 0. The lowest BCUT2D eigenvalue weighted by Gasteiger charge is -2.37. The molecule has 0 saturated heterocycles. The lowest BCUT2D eigenvalue weighted by Crippen LogP contribution is -2.52. The maximum absolute atomic E-state index is 12.3. The van der Waals surface area contributed by atoms with Crippen LogP contribution in [0.1, 0.15) is 49.6 Å². The number of amides is 1. The minimum atomic E-state index is -0.388. The Morgan fingerprint density at radius 3 is 2.75 bits per heavy atom. The molecule has 0 aromatic carbocycles. The van der Waals surface area contributed by atoms with E-state index in [0.717, 1.165) is 42.7 Å². The van der Waals surface area contributed by atoms with Crippen molar-refractivity contribution in [2.75, 3.05) is 0 Å². The third kappa shape index (κ3) is 3.52. The van der Waals surface area contributed by atoms with Crippen molar-refractivity contribution in [3.63, 3.8) is 0 Å². The van der Waals surface area contributed by atoms with Gasteiger partial charge in [-0.2, -0.15) is 0 Å². The van der Waals surface area contributed by atoms with Gasteiger partial charge in [-0.1, -0.05) is 18.0 Å². The molecule has 1 amide bonds. The molecule has 0 radical (unpaired) electrons. The molecule has 2 unspecified atom stereocenters. The first-order chi connectivity index (χ1) is 8.92. The van der Waals surface area contributed by atoms with E-state index in [-0.39, 0.29) is 29.8 Å². The molecule has 3 N–H and O–H groups in total. The quantitative estimate of drug-likeness (QED) is 0.897. The number of carbonyl (C=O) groups excluding carboxylic acids is 1. The first-order valence-electron chi connectivity index (χ1n) is 6.90. The van der Waals surface area contributed by atoms with Gasteiger partial charge in [-0.25, -0.2) is 0 Å². The summed E-state index contributed by atoms with van der Waals surface area (Å²) in [5.41, 5.74) is 7.64. The van der Waals surface area contributed by atoms with Crippen LogP contribution in [0, 0.1) is 19.8 Å². The predicted molar refractivity (Wildman–Crippen MR) is 79.6 cm³/mol. The molecule has 20 heavy (non-hydrogen) atoms. The van der Waals surface area contributed by atoms with Crippen LogP contribution < -0.4 is 11.1 Å². The highest BCUT2D eigenvalue weighted by Gasteiger charge is 2.37. The number of hydrogen-bond donors (Lipinski definition) is 2. The fraction of sp³-hybridized carbons (Fsp3) is 0.714. The summed E-state index contributed by atoms with van der Waals surface area (Å²) in [5.74, 6) is 0.711. The van der Waals surface area contributed by atoms with Crippen LogP contribution in [-0.2, 0) is 11.3 Å². The van der Waals surface area contributed by atoms with Crippen LogP contribution in [-0.4, -0.2) is 16.6 Å². The summed E-state index contributed by atoms with van der Waals surface area (Å²) in [7, 11) is 0. The lowest BCUT2D eigenvalue weighted by molar-refractivity contribution is -0.128. The Morgan fingerprint density at radius 1 is 1.50 bits per heavy atom. The Morgan fingerprint density at radius 2 is 2.20 bits per heavy atom. The topological polar surface area (TPSA) is 81.2 Å². The van der Waals surface area contributed by atoms with E-state index in [0.29, 0.717) is 6.54 Å². The summed E-state index contributed by atoms with van der Waals surface area (Å²) in [4.78, 5) is 12.3. The number of rotatable bonds is 3. The number of aryl methyl sites for hydroxylation is 2. The average molecular weight is 302 g/mol. The molecule has 2 atom stereocenters. The van der Waals surface area contributed by atoms with Crippen molar-refractivity contribution < 1.29 is 9.32 Å². The van der Waals surface area contributed by atoms with E-state index >= 15 is 0 Å². The number of aromatic nitrogens is 1. The molecule has 0 aliphatic heterocycles. The Kier molecular flexibility index (Phi) is 5.59. The van der Waals surface area contributed by atoms with E-state index in [9.17, 15) is 4.79 Å². The van der Waals surface area contributed by atoms with Crippen molar-refractivity contribution in [2.24, 2.45) is 11.7 Å². The fourth-order valence-electron chi connectivity index (χ4n) is 2.84. The number of nitrogens with two attached hydrogens (primary N) is 1. The predicted octanol–water partition coefficient (Wildman–Crippen LogP) is 2.24. The minimum Gasteiger partial charge on any atom is -0.361 e. The molecular weight excluding hydrogens is 278 g/mol. The van der Waals surface area contributed by atoms with Gasteiger partial charge in [0.2, 0.25) is 5.91 Å². The molecule has 1 heterocycles. The summed E-state index contributed by atoms with van der Waals surface area (Å²) in [6.07, 6.45) is 3.98. The monoisotopic (exact) mass is 301 g/mol. The maximum atomic E-state index is 12.3. The molecule has 2 rings (SSSR count). The van der Waals surface area contributed by atoms with E-state index in [4.69, 9.17) is 10.3 Å². The Bertz CT molecular complexity index is 451. The minimum absolute atomic E-state index is 0. The van der Waals surface area contributed by atoms with E-state index in [2.05, 4.69) is 10.5 Å². The first kappa shape index (κ1) is 17.0. The first-order valence-corrected chi connectivity index (χ1v) is 6.90. The van der Waals surface area contributed by atoms with Gasteiger partial charge in [0.25, 0.3) is 0 Å². The van der Waals surface area contributed by atoms with Crippen LogP contribution in [0.15, 0.2) is 4.52 Å². The lowest BCUT2D eigenvalue weighted by atomic mass is 9.74. The molecule has 5 nitrogen and oxygen atoms in total. The van der Waals surface area contributed by atoms with Gasteiger partial charge in [0.1, 0.15) is 5.76 Å². The smallest absolute Gasteiger partial charge is 0.225 e. The largest absolute Gasteiger partial charge is 0.361 e. The Hall–Kier alpha value is -1.07. The second-order valence-electron chi connectivity index (χ2n) is 5.82. The average Bonchev–Trinajstić information content (AvgIpc) is 2.66. The van der Waals surface area contributed by atoms with E-state index in [1.165, 1.54) is 0 Å². The summed E-state index contributed by atoms with van der Waals surface area (Å²) in [6, 6.07) is 0. The van der Waals surface area contributed by atoms with Crippen LogP contribution in [0.25, 0.3) is 0 Å². The molecule has 1 aliphatic rings. The third-order valence-corrected chi connectivity index (χ3v) is 4.19. The highest BCUT2D eigenvalue weighted by Crippen LogP contribution is 2.31. The van der Waals surface area contributed by atoms with Gasteiger partial charge in [-0.15, -0.1) is 12.4 Å². The summed E-state index contributed by atoms with van der Waals surface area (Å²) in [5, 5.41) is 6.86. The Labute approximate surface area is 126 Å². The molecular formula is C14H24ClN3O2. The van der Waals surface area contributed by atoms with Gasteiger partial charge in [-0.3, -0.25) is 4.79 Å². The number of halogens is 1. The molecule has 1 saturated carbocycles. The standard InChI is InChI=1S/C14H23N3O2.ClH/c1-9-11(10(2)19-17-9)8-16-13(18)12-6-4-5-7-14(12,3)15;/h12H,4-8,15H2,1-3H3,(H,16,18);1H. The molecule has 1 aliphatic carbocycles. The van der Waals surface area contributed by atoms with Crippen molar-refractivity contribution in [3.05, 3.63) is 17.0 Å². The van der Waals surface area contributed by atoms with Gasteiger partial charge >= 0.3 is 0 Å². The number of hydrogen-bond acceptors (Lipinski definition) is 4. The molecule has 0 bridgehead atoms. The molecule has 1 aromatic heterocycles. The summed E-state index contributed by atoms with van der Waals surface area (Å²) in [6.45, 7) is 6.18. The molecule has 114 valence electrons. The summed E-state index contributed by atoms with van der Waals surface area (Å²) < 4.78 is 5.09. The van der Waals surface area contributed by atoms with Crippen LogP contribution in [0.4, 0.5) is 0 Å². The normalized spacial score (nSPS) is 25.9. The fourth-order valence-corrected chi connectivity index (χ4v) is 2.84. The van der Waals surface area contributed by atoms with E-state index in [1.807, 2.05) is 20.8 Å². The zero-order valence-electron chi connectivity index (χ0n) is 12.4. The van der Waals surface area contributed by atoms with Crippen molar-refractivity contribution in [3.8, 4) is 0 Å². The van der Waals surface area contributed by atoms with Crippen molar-refractivity contribution in [2.45, 2.75) is 58.5 Å². The molecule has 6 heteroatoms. The van der Waals surface area contributed by atoms with Crippen molar-refractivity contribution >= 4 is 18.3 Å². The third-order valence-electron chi connectivity index (χ3n) is 4.19. The van der Waals surface area contributed by atoms with Crippen LogP contribution in [0.3, 0.4) is 0 Å². The van der Waals surface area contributed by atoms with Gasteiger partial charge < -0.3 is 15.6 Å². The highest BCUT2D eigenvalue weighted by molar-refractivity contribution is 5.85. The van der Waals surface area contributed by atoms with Crippen LogP contribution >= 0.6 is 12.4 Å². The number of carbonyl (C=O) groups is 1. The molecule has 0 spiro atoms. The number of nitrogens with one attached hydrogen (secondary N) is 1. The van der Waals surface area contributed by atoms with Gasteiger partial charge in [0, 0.05) is 17.6 Å². The zero-order valence-corrected chi connectivity index (χ0v) is 13.2. The van der Waals surface area contributed by atoms with E-state index in [1.54, 1.807) is 0 Å². The van der Waals surface area contributed by atoms with Gasteiger partial charge in [-0.05, 0) is 33.6 Å². The van der Waals surface area contributed by atoms with Gasteiger partial charge in [0.15, 0.2) is 0 Å².